The molecule has 2 rings (SSSR count). The van der Waals surface area contributed by atoms with E-state index in [0.717, 1.165) is 11.1 Å². The average Bonchev–Trinajstić information content (AvgIpc) is 2.58. The van der Waals surface area contributed by atoms with Crippen molar-refractivity contribution >= 4 is 5.97 Å². The highest BCUT2D eigenvalue weighted by Crippen LogP contribution is 2.12. The number of benzene rings is 1. The monoisotopic (exact) mass is 307 g/mol. The summed E-state index contributed by atoms with van der Waals surface area (Å²) >= 11 is 0. The van der Waals surface area contributed by atoms with Gasteiger partial charge in [-0.2, -0.15) is 5.26 Å². The van der Waals surface area contributed by atoms with E-state index in [2.05, 4.69) is 9.87 Å². The Balaban J connectivity index is 0.00000102. The fraction of sp³-hybridized carbons (Fsp3) is 0.294. The molecule has 0 amide bonds. The second-order valence-electron chi connectivity index (χ2n) is 3.77. The van der Waals surface area contributed by atoms with Crippen molar-refractivity contribution in [3.05, 3.63) is 65.2 Å². The number of nitrogens with zero attached hydrogens (tertiary/aromatic N) is 1. The number of hydrogen-bond acceptors (Lipinski definition) is 4. The van der Waals surface area contributed by atoms with Crippen LogP contribution in [0.25, 0.3) is 0 Å². The zero-order valence-corrected chi connectivity index (χ0v) is 13.3. The van der Waals surface area contributed by atoms with Gasteiger partial charge in [-0.3, -0.25) is 9.87 Å². The van der Waals surface area contributed by atoms with Crippen molar-refractivity contribution in [2.75, 3.05) is 0 Å². The standard InChI is InChI=1S/C13H10FNO3.2C2H6/c14-12-3-1-2-9(6-12)4-10-5-11(8-15-7-10)13(16)18-17;2*1-2/h1-3,5-8,17H,4H2;2*1-2H3. The van der Waals surface area contributed by atoms with E-state index in [1.54, 1.807) is 18.3 Å². The molecule has 1 heterocycles. The molecule has 2 aromatic rings. The summed E-state index contributed by atoms with van der Waals surface area (Å²) < 4.78 is 13.0. The van der Waals surface area contributed by atoms with Crippen LogP contribution in [0.2, 0.25) is 0 Å². The van der Waals surface area contributed by atoms with Crippen molar-refractivity contribution in [2.45, 2.75) is 34.1 Å². The van der Waals surface area contributed by atoms with Crippen LogP contribution in [0.3, 0.4) is 0 Å². The Bertz CT molecular complexity index is 573. The summed E-state index contributed by atoms with van der Waals surface area (Å²) in [4.78, 5) is 18.6. The molecule has 120 valence electrons. The molecule has 1 aromatic heterocycles. The molecule has 22 heavy (non-hydrogen) atoms. The highest BCUT2D eigenvalue weighted by molar-refractivity contribution is 5.88. The summed E-state index contributed by atoms with van der Waals surface area (Å²) in [5.41, 5.74) is 1.64. The quantitative estimate of drug-likeness (QED) is 0.670. The molecule has 1 aromatic carbocycles. The van der Waals surface area contributed by atoms with Gasteiger partial charge >= 0.3 is 5.97 Å². The largest absolute Gasteiger partial charge is 0.374 e. The Hall–Kier alpha value is -2.27. The van der Waals surface area contributed by atoms with Gasteiger partial charge < -0.3 is 0 Å². The zero-order chi connectivity index (χ0) is 17.0. The van der Waals surface area contributed by atoms with Crippen LogP contribution < -0.4 is 0 Å². The zero-order valence-electron chi connectivity index (χ0n) is 13.3. The second-order valence-corrected chi connectivity index (χ2v) is 3.77. The normalized spacial score (nSPS) is 8.82. The van der Waals surface area contributed by atoms with Gasteiger partial charge in [0.05, 0.1) is 5.56 Å². The fourth-order valence-electron chi connectivity index (χ4n) is 1.63. The Morgan fingerprint density at radius 3 is 2.41 bits per heavy atom. The number of carbonyl (C=O) groups excluding carboxylic acids is 1. The molecular formula is C17H22FNO3. The van der Waals surface area contributed by atoms with Crippen molar-refractivity contribution in [1.82, 2.24) is 4.98 Å². The molecule has 0 saturated carbocycles. The number of pyridine rings is 1. The Labute approximate surface area is 130 Å². The van der Waals surface area contributed by atoms with Gasteiger partial charge in [0.1, 0.15) is 5.82 Å². The minimum absolute atomic E-state index is 0.145. The van der Waals surface area contributed by atoms with Gasteiger partial charge in [-0.25, -0.2) is 9.18 Å². The van der Waals surface area contributed by atoms with Crippen LogP contribution in [-0.4, -0.2) is 16.2 Å². The van der Waals surface area contributed by atoms with E-state index in [-0.39, 0.29) is 11.4 Å². The lowest BCUT2D eigenvalue weighted by Gasteiger charge is -2.03. The number of aromatic nitrogens is 1. The second kappa shape index (κ2) is 11.4. The van der Waals surface area contributed by atoms with Crippen molar-refractivity contribution in [1.29, 1.82) is 0 Å². The number of carbonyl (C=O) groups is 1. The van der Waals surface area contributed by atoms with Crippen LogP contribution in [0.5, 0.6) is 0 Å². The highest BCUT2D eigenvalue weighted by atomic mass is 19.1. The predicted octanol–water partition coefficient (Wildman–Crippen LogP) is 4.49. The number of hydrogen-bond donors (Lipinski definition) is 1. The van der Waals surface area contributed by atoms with Gasteiger partial charge in [0.25, 0.3) is 0 Å². The molecule has 0 bridgehead atoms. The van der Waals surface area contributed by atoms with Gasteiger partial charge in [-0.05, 0) is 35.7 Å². The van der Waals surface area contributed by atoms with E-state index in [9.17, 15) is 9.18 Å². The Morgan fingerprint density at radius 2 is 1.82 bits per heavy atom. The molecule has 4 nitrogen and oxygen atoms in total. The van der Waals surface area contributed by atoms with Gasteiger partial charge in [0, 0.05) is 12.4 Å². The van der Waals surface area contributed by atoms with E-state index in [1.165, 1.54) is 24.4 Å². The Morgan fingerprint density at radius 1 is 1.14 bits per heavy atom. The predicted molar refractivity (Wildman–Crippen MR) is 84.2 cm³/mol. The molecule has 0 atom stereocenters. The number of rotatable bonds is 3. The van der Waals surface area contributed by atoms with Crippen LogP contribution in [-0.2, 0) is 11.3 Å². The van der Waals surface area contributed by atoms with E-state index in [0.29, 0.717) is 6.42 Å². The lowest BCUT2D eigenvalue weighted by Crippen LogP contribution is -2.03. The SMILES string of the molecule is CC.CC.O=C(OO)c1cncc(Cc2cccc(F)c2)c1. The van der Waals surface area contributed by atoms with Gasteiger partial charge in [0.2, 0.25) is 0 Å². The molecule has 0 fully saturated rings. The van der Waals surface area contributed by atoms with Crippen LogP contribution in [0.1, 0.15) is 49.2 Å². The molecule has 1 N–H and O–H groups in total. The number of halogens is 1. The summed E-state index contributed by atoms with van der Waals surface area (Å²) in [6.45, 7) is 8.00. The Kier molecular flexibility index (Phi) is 10.2. The molecule has 0 aliphatic rings. The lowest BCUT2D eigenvalue weighted by molar-refractivity contribution is -0.182. The molecule has 0 spiro atoms. The third-order valence-electron chi connectivity index (χ3n) is 2.41. The maximum absolute atomic E-state index is 13.0. The maximum Gasteiger partial charge on any atom is 0.374 e. The van der Waals surface area contributed by atoms with Crippen LogP contribution in [0, 0.1) is 5.82 Å². The fourth-order valence-corrected chi connectivity index (χ4v) is 1.63. The van der Waals surface area contributed by atoms with Crippen molar-refractivity contribution in [3.8, 4) is 0 Å². The minimum atomic E-state index is -0.872. The minimum Gasteiger partial charge on any atom is -0.295 e. The van der Waals surface area contributed by atoms with Gasteiger partial charge in [-0.15, -0.1) is 0 Å². The molecule has 0 aliphatic heterocycles. The molecular weight excluding hydrogens is 285 g/mol. The van der Waals surface area contributed by atoms with Gasteiger partial charge in [-0.1, -0.05) is 39.8 Å². The van der Waals surface area contributed by atoms with Crippen LogP contribution in [0.15, 0.2) is 42.7 Å². The first-order chi connectivity index (χ1) is 10.7. The smallest absolute Gasteiger partial charge is 0.295 e. The topological polar surface area (TPSA) is 59.4 Å². The highest BCUT2D eigenvalue weighted by Gasteiger charge is 2.08. The lowest BCUT2D eigenvalue weighted by atomic mass is 10.1. The van der Waals surface area contributed by atoms with Crippen molar-refractivity contribution in [3.63, 3.8) is 0 Å². The van der Waals surface area contributed by atoms with E-state index < -0.39 is 5.97 Å². The first-order valence-corrected chi connectivity index (χ1v) is 7.23. The van der Waals surface area contributed by atoms with Crippen LogP contribution in [0.4, 0.5) is 4.39 Å². The third-order valence-corrected chi connectivity index (χ3v) is 2.41. The molecule has 0 radical (unpaired) electrons. The maximum atomic E-state index is 13.0. The molecule has 0 unspecified atom stereocenters. The van der Waals surface area contributed by atoms with E-state index >= 15 is 0 Å². The van der Waals surface area contributed by atoms with E-state index in [1.807, 2.05) is 27.7 Å². The average molecular weight is 307 g/mol. The van der Waals surface area contributed by atoms with Crippen molar-refractivity contribution < 1.29 is 19.3 Å². The first-order valence-electron chi connectivity index (χ1n) is 7.23. The summed E-state index contributed by atoms with van der Waals surface area (Å²) in [6, 6.07) is 7.71. The summed E-state index contributed by atoms with van der Waals surface area (Å²) in [7, 11) is 0. The first kappa shape index (κ1) is 19.7. The third kappa shape index (κ3) is 6.45. The molecule has 0 saturated heterocycles. The summed E-state index contributed by atoms with van der Waals surface area (Å²) in [5.74, 6) is -1.19. The van der Waals surface area contributed by atoms with E-state index in [4.69, 9.17) is 5.26 Å². The summed E-state index contributed by atoms with van der Waals surface area (Å²) in [6.07, 6.45) is 3.30. The van der Waals surface area contributed by atoms with Gasteiger partial charge in [0.15, 0.2) is 0 Å². The van der Waals surface area contributed by atoms with Crippen molar-refractivity contribution in [2.24, 2.45) is 0 Å². The molecule has 0 aliphatic carbocycles. The van der Waals surface area contributed by atoms with Crippen LogP contribution >= 0.6 is 0 Å². The summed E-state index contributed by atoms with van der Waals surface area (Å²) in [5, 5.41) is 8.28. The molecule has 5 heteroatoms.